The fraction of sp³-hybridized carbons (Fsp3) is 0.929. The van der Waals surface area contributed by atoms with E-state index in [1.807, 2.05) is 0 Å². The average Bonchev–Trinajstić information content (AvgIpc) is 2.64. The van der Waals surface area contributed by atoms with Crippen LogP contribution in [0, 0.1) is 17.3 Å². The lowest BCUT2D eigenvalue weighted by Crippen LogP contribution is -2.47. The highest BCUT2D eigenvalue weighted by atomic mass is 35.5. The Bertz CT molecular complexity index is 280. The molecule has 1 heterocycles. The molecule has 0 aromatic rings. The number of hydrogen-bond donors (Lipinski definition) is 2. The summed E-state index contributed by atoms with van der Waals surface area (Å²) in [6.45, 7) is 8.48. The zero-order valence-corrected chi connectivity index (χ0v) is 12.6. The minimum Gasteiger partial charge on any atom is -0.353 e. The first-order chi connectivity index (χ1) is 7.99. The normalized spacial score (nSPS) is 40.1. The van der Waals surface area contributed by atoms with Crippen molar-refractivity contribution < 1.29 is 4.79 Å². The van der Waals surface area contributed by atoms with Gasteiger partial charge in [-0.1, -0.05) is 13.8 Å². The molecule has 0 aromatic carbocycles. The van der Waals surface area contributed by atoms with E-state index in [2.05, 4.69) is 31.4 Å². The lowest BCUT2D eigenvalue weighted by molar-refractivity contribution is -0.130. The zero-order valence-electron chi connectivity index (χ0n) is 11.8. The molecule has 18 heavy (non-hydrogen) atoms. The van der Waals surface area contributed by atoms with E-state index < -0.39 is 0 Å². The molecular weight excluding hydrogens is 248 g/mol. The molecule has 2 aliphatic rings. The fourth-order valence-electron chi connectivity index (χ4n) is 3.44. The quantitative estimate of drug-likeness (QED) is 0.812. The van der Waals surface area contributed by atoms with Crippen LogP contribution in [0.1, 0.15) is 46.5 Å². The van der Waals surface area contributed by atoms with Gasteiger partial charge < -0.3 is 10.6 Å². The first-order valence-corrected chi connectivity index (χ1v) is 7.01. The van der Waals surface area contributed by atoms with Gasteiger partial charge in [-0.15, -0.1) is 12.4 Å². The van der Waals surface area contributed by atoms with E-state index in [1.54, 1.807) is 0 Å². The molecule has 0 bridgehead atoms. The van der Waals surface area contributed by atoms with Crippen molar-refractivity contribution in [3.05, 3.63) is 0 Å². The van der Waals surface area contributed by atoms with Crippen molar-refractivity contribution in [1.29, 1.82) is 0 Å². The third-order valence-electron chi connectivity index (χ3n) is 4.43. The summed E-state index contributed by atoms with van der Waals surface area (Å²) in [5, 5.41) is 6.57. The van der Waals surface area contributed by atoms with Gasteiger partial charge in [0.2, 0.25) is 5.91 Å². The van der Waals surface area contributed by atoms with Crippen molar-refractivity contribution in [1.82, 2.24) is 10.6 Å². The number of carbonyl (C=O) groups excluding carboxylic acids is 1. The van der Waals surface area contributed by atoms with Crippen LogP contribution in [0.5, 0.6) is 0 Å². The second-order valence-corrected chi connectivity index (χ2v) is 6.58. The smallest absolute Gasteiger partial charge is 0.227 e. The van der Waals surface area contributed by atoms with E-state index in [4.69, 9.17) is 0 Å². The fourth-order valence-corrected chi connectivity index (χ4v) is 3.44. The van der Waals surface area contributed by atoms with Crippen molar-refractivity contribution in [3.8, 4) is 0 Å². The van der Waals surface area contributed by atoms with Gasteiger partial charge in [0.15, 0.2) is 0 Å². The molecule has 0 radical (unpaired) electrons. The molecule has 3 unspecified atom stereocenters. The SMILES string of the molecule is CC1CC(C)CC(NC(=O)C2(C)CCNC2)C1.Cl. The zero-order chi connectivity index (χ0) is 12.5. The summed E-state index contributed by atoms with van der Waals surface area (Å²) in [6.07, 6.45) is 4.58. The Hall–Kier alpha value is -0.280. The number of rotatable bonds is 2. The Labute approximate surface area is 117 Å². The van der Waals surface area contributed by atoms with E-state index in [-0.39, 0.29) is 23.7 Å². The molecule has 1 saturated heterocycles. The number of hydrogen-bond acceptors (Lipinski definition) is 2. The minimum absolute atomic E-state index is 0. The molecule has 1 saturated carbocycles. The maximum absolute atomic E-state index is 12.3. The third kappa shape index (κ3) is 3.61. The van der Waals surface area contributed by atoms with Gasteiger partial charge in [-0.05, 0) is 51.0 Å². The Morgan fingerprint density at radius 1 is 1.22 bits per heavy atom. The molecule has 0 aromatic heterocycles. The van der Waals surface area contributed by atoms with Crippen molar-refractivity contribution in [2.24, 2.45) is 17.3 Å². The van der Waals surface area contributed by atoms with E-state index in [0.717, 1.165) is 44.2 Å². The molecule has 1 aliphatic carbocycles. The number of nitrogens with one attached hydrogen (secondary N) is 2. The van der Waals surface area contributed by atoms with E-state index >= 15 is 0 Å². The Morgan fingerprint density at radius 3 is 2.33 bits per heavy atom. The van der Waals surface area contributed by atoms with Gasteiger partial charge in [0.05, 0.1) is 5.41 Å². The minimum atomic E-state index is -0.177. The highest BCUT2D eigenvalue weighted by Gasteiger charge is 2.37. The largest absolute Gasteiger partial charge is 0.353 e. The number of halogens is 1. The molecule has 2 N–H and O–H groups in total. The first-order valence-electron chi connectivity index (χ1n) is 7.01. The highest BCUT2D eigenvalue weighted by Crippen LogP contribution is 2.30. The summed E-state index contributed by atoms with van der Waals surface area (Å²) in [6, 6.07) is 0.402. The van der Waals surface area contributed by atoms with Crippen LogP contribution in [0.3, 0.4) is 0 Å². The number of carbonyl (C=O) groups is 1. The maximum atomic E-state index is 12.3. The predicted octanol–water partition coefficient (Wildman–Crippen LogP) is 2.35. The van der Waals surface area contributed by atoms with E-state index in [1.165, 1.54) is 6.42 Å². The van der Waals surface area contributed by atoms with Gasteiger partial charge in [-0.2, -0.15) is 0 Å². The summed E-state index contributed by atoms with van der Waals surface area (Å²) in [5.74, 6) is 1.76. The van der Waals surface area contributed by atoms with Gasteiger partial charge in [0.25, 0.3) is 0 Å². The monoisotopic (exact) mass is 274 g/mol. The van der Waals surface area contributed by atoms with E-state index in [9.17, 15) is 4.79 Å². The molecule has 3 nitrogen and oxygen atoms in total. The molecule has 1 amide bonds. The summed E-state index contributed by atoms with van der Waals surface area (Å²) in [7, 11) is 0. The highest BCUT2D eigenvalue weighted by molar-refractivity contribution is 5.85. The Balaban J connectivity index is 0.00000162. The van der Waals surface area contributed by atoms with E-state index in [0.29, 0.717) is 6.04 Å². The standard InChI is InChI=1S/C14H26N2O.ClH/c1-10-6-11(2)8-12(7-10)16-13(17)14(3)4-5-15-9-14;/h10-12,15H,4-9H2,1-3H3,(H,16,17);1H. The van der Waals surface area contributed by atoms with Crippen LogP contribution in [0.25, 0.3) is 0 Å². The number of amides is 1. The Kier molecular flexibility index (Phi) is 5.47. The molecule has 0 spiro atoms. The van der Waals surface area contributed by atoms with Crippen LogP contribution in [0.4, 0.5) is 0 Å². The van der Waals surface area contributed by atoms with Gasteiger partial charge >= 0.3 is 0 Å². The molecule has 2 rings (SSSR count). The summed E-state index contributed by atoms with van der Waals surface area (Å²) < 4.78 is 0. The van der Waals surface area contributed by atoms with Gasteiger partial charge in [0.1, 0.15) is 0 Å². The molecule has 1 aliphatic heterocycles. The second-order valence-electron chi connectivity index (χ2n) is 6.58. The molecule has 2 fully saturated rings. The van der Waals surface area contributed by atoms with Gasteiger partial charge in [-0.3, -0.25) is 4.79 Å². The van der Waals surface area contributed by atoms with Crippen molar-refractivity contribution in [2.75, 3.05) is 13.1 Å². The summed E-state index contributed by atoms with van der Waals surface area (Å²) in [4.78, 5) is 12.3. The van der Waals surface area contributed by atoms with Crippen LogP contribution in [-0.2, 0) is 4.79 Å². The molecule has 4 heteroatoms. The topological polar surface area (TPSA) is 41.1 Å². The van der Waals surface area contributed by atoms with Crippen LogP contribution in [0.2, 0.25) is 0 Å². The maximum Gasteiger partial charge on any atom is 0.227 e. The summed E-state index contributed by atoms with van der Waals surface area (Å²) >= 11 is 0. The average molecular weight is 275 g/mol. The van der Waals surface area contributed by atoms with Crippen LogP contribution in [0.15, 0.2) is 0 Å². The second kappa shape index (κ2) is 6.25. The summed E-state index contributed by atoms with van der Waals surface area (Å²) in [5.41, 5.74) is -0.177. The van der Waals surface area contributed by atoms with Crippen LogP contribution < -0.4 is 10.6 Å². The van der Waals surface area contributed by atoms with Crippen LogP contribution in [-0.4, -0.2) is 25.0 Å². The van der Waals surface area contributed by atoms with Crippen molar-refractivity contribution >= 4 is 18.3 Å². The lowest BCUT2D eigenvalue weighted by Gasteiger charge is -2.34. The third-order valence-corrected chi connectivity index (χ3v) is 4.43. The van der Waals surface area contributed by atoms with Gasteiger partial charge in [-0.25, -0.2) is 0 Å². The Morgan fingerprint density at radius 2 is 1.83 bits per heavy atom. The molecular formula is C14H27ClN2O. The van der Waals surface area contributed by atoms with Crippen molar-refractivity contribution in [3.63, 3.8) is 0 Å². The molecule has 3 atom stereocenters. The van der Waals surface area contributed by atoms with Gasteiger partial charge in [0, 0.05) is 12.6 Å². The van der Waals surface area contributed by atoms with Crippen LogP contribution >= 0.6 is 12.4 Å². The predicted molar refractivity (Wildman–Crippen MR) is 77.0 cm³/mol. The lowest BCUT2D eigenvalue weighted by atomic mass is 9.79. The first kappa shape index (κ1) is 15.8. The molecule has 106 valence electrons. The van der Waals surface area contributed by atoms with Crippen molar-refractivity contribution in [2.45, 2.75) is 52.5 Å².